The van der Waals surface area contributed by atoms with Gasteiger partial charge < -0.3 is 14.6 Å². The fraction of sp³-hybridized carbons (Fsp3) is 0.323. The average molecular weight is 596 g/mol. The Morgan fingerprint density at radius 2 is 1.86 bits per heavy atom. The molecule has 2 fully saturated rings. The molecule has 0 aliphatic carbocycles. The number of aromatic nitrogens is 6. The smallest absolute Gasteiger partial charge is 0.273 e. The molecule has 2 amide bonds. The van der Waals surface area contributed by atoms with Crippen LogP contribution in [0.15, 0.2) is 71.3 Å². The highest BCUT2D eigenvalue weighted by atomic mass is 19.1. The molecule has 3 atom stereocenters. The molecule has 2 aliphatic heterocycles. The zero-order chi connectivity index (χ0) is 30.2. The monoisotopic (exact) mass is 595 g/mol. The van der Waals surface area contributed by atoms with Crippen LogP contribution in [0.25, 0.3) is 22.6 Å². The van der Waals surface area contributed by atoms with Gasteiger partial charge in [0.2, 0.25) is 11.8 Å². The Bertz CT molecular complexity index is 1810. The molecule has 2 aliphatic rings. The molecule has 2 saturated heterocycles. The molecule has 2 unspecified atom stereocenters. The SMILES string of the molecule is CC(=O)Nc1ccc2oc(-c3ccnc(C(=O)N4C5CCC4CN([C@H](c4ccccc4)c4nnn(CCF)n4)C5)c3)nc2c1. The van der Waals surface area contributed by atoms with Crippen LogP contribution >= 0.6 is 0 Å². The lowest BCUT2D eigenvalue weighted by Gasteiger charge is -2.43. The number of fused-ring (bicyclic) bond motifs is 3. The van der Waals surface area contributed by atoms with Crippen LogP contribution in [0.1, 0.15) is 47.7 Å². The fourth-order valence-corrected chi connectivity index (χ4v) is 6.32. The van der Waals surface area contributed by atoms with Crippen molar-refractivity contribution in [3.05, 3.63) is 83.9 Å². The third-order valence-corrected chi connectivity index (χ3v) is 8.16. The van der Waals surface area contributed by atoms with Crippen LogP contribution in [0, 0.1) is 0 Å². The molecule has 0 radical (unpaired) electrons. The number of nitrogens with one attached hydrogen (secondary N) is 1. The number of halogens is 1. The van der Waals surface area contributed by atoms with Crippen LogP contribution in [0.4, 0.5) is 10.1 Å². The Kier molecular flexibility index (Phi) is 7.30. The van der Waals surface area contributed by atoms with Gasteiger partial charge in [-0.1, -0.05) is 30.3 Å². The first-order chi connectivity index (χ1) is 21.5. The normalized spacial score (nSPS) is 18.9. The number of tetrazole rings is 1. The second-order valence-electron chi connectivity index (χ2n) is 11.1. The number of carbonyl (C=O) groups is 2. The number of aryl methyl sites for hydroxylation is 1. The van der Waals surface area contributed by atoms with Gasteiger partial charge in [0, 0.05) is 49.5 Å². The maximum atomic E-state index is 13.9. The standard InChI is InChI=1S/C31H30FN9O3/c1-19(42)34-22-7-10-27-25(16-22)35-30(44-27)21-11-13-33-26(15-21)31(43)41-23-8-9-24(41)18-39(17-23)28(20-5-3-2-4-6-20)29-36-38-40(37-29)14-12-32/h2-7,10-11,13,15-16,23-24,28H,8-9,12,14,17-18H2,1H3,(H,34,42)/t23?,24?,28-/m1/s1. The Balaban J connectivity index is 1.12. The van der Waals surface area contributed by atoms with Crippen molar-refractivity contribution < 1.29 is 18.4 Å². The van der Waals surface area contributed by atoms with Crippen LogP contribution in [-0.4, -0.2) is 83.6 Å². The summed E-state index contributed by atoms with van der Waals surface area (Å²) in [5.74, 6) is 0.573. The third-order valence-electron chi connectivity index (χ3n) is 8.16. The van der Waals surface area contributed by atoms with Gasteiger partial charge in [0.1, 0.15) is 17.9 Å². The molecule has 0 saturated carbocycles. The lowest BCUT2D eigenvalue weighted by atomic mass is 10.0. The summed E-state index contributed by atoms with van der Waals surface area (Å²) in [6, 6.07) is 18.4. The maximum Gasteiger partial charge on any atom is 0.273 e. The van der Waals surface area contributed by atoms with Crippen LogP contribution in [0.5, 0.6) is 0 Å². The van der Waals surface area contributed by atoms with Gasteiger partial charge >= 0.3 is 0 Å². The number of likely N-dealkylation sites (tertiary alicyclic amines) is 1. The van der Waals surface area contributed by atoms with Crippen molar-refractivity contribution in [2.75, 3.05) is 25.1 Å². The van der Waals surface area contributed by atoms with E-state index in [0.29, 0.717) is 52.8 Å². The van der Waals surface area contributed by atoms with E-state index in [1.165, 1.54) is 11.7 Å². The number of pyridine rings is 1. The first-order valence-corrected chi connectivity index (χ1v) is 14.6. The van der Waals surface area contributed by atoms with Crippen molar-refractivity contribution in [3.63, 3.8) is 0 Å². The molecule has 224 valence electrons. The highest BCUT2D eigenvalue weighted by Gasteiger charge is 2.45. The van der Waals surface area contributed by atoms with E-state index in [1.807, 2.05) is 35.2 Å². The van der Waals surface area contributed by atoms with Crippen molar-refractivity contribution in [1.29, 1.82) is 0 Å². The highest BCUT2D eigenvalue weighted by molar-refractivity contribution is 5.94. The molecule has 44 heavy (non-hydrogen) atoms. The van der Waals surface area contributed by atoms with E-state index in [-0.39, 0.29) is 36.5 Å². The number of piperazine rings is 1. The summed E-state index contributed by atoms with van der Waals surface area (Å²) in [7, 11) is 0. The molecule has 5 aromatic rings. The minimum absolute atomic E-state index is 0.0182. The van der Waals surface area contributed by atoms with Crippen LogP contribution in [0.2, 0.25) is 0 Å². The Morgan fingerprint density at radius 3 is 2.61 bits per heavy atom. The molecule has 12 nitrogen and oxygen atoms in total. The van der Waals surface area contributed by atoms with E-state index in [0.717, 1.165) is 18.4 Å². The van der Waals surface area contributed by atoms with Crippen molar-refractivity contribution in [2.24, 2.45) is 0 Å². The van der Waals surface area contributed by atoms with E-state index in [9.17, 15) is 14.0 Å². The quantitative estimate of drug-likeness (QED) is 0.284. The average Bonchev–Trinajstić information content (AvgIpc) is 3.73. The zero-order valence-corrected chi connectivity index (χ0v) is 24.0. The fourth-order valence-electron chi connectivity index (χ4n) is 6.32. The number of alkyl halides is 1. The van der Waals surface area contributed by atoms with Crippen molar-refractivity contribution in [1.82, 2.24) is 40.0 Å². The predicted octanol–water partition coefficient (Wildman–Crippen LogP) is 3.88. The van der Waals surface area contributed by atoms with Crippen LogP contribution in [0.3, 0.4) is 0 Å². The molecular formula is C31H30FN9O3. The largest absolute Gasteiger partial charge is 0.436 e. The van der Waals surface area contributed by atoms with E-state index in [4.69, 9.17) is 4.42 Å². The summed E-state index contributed by atoms with van der Waals surface area (Å²) in [5.41, 5.74) is 3.77. The van der Waals surface area contributed by atoms with Gasteiger partial charge in [-0.3, -0.25) is 19.5 Å². The predicted molar refractivity (Wildman–Crippen MR) is 158 cm³/mol. The van der Waals surface area contributed by atoms with E-state index in [2.05, 4.69) is 35.6 Å². The number of rotatable bonds is 8. The van der Waals surface area contributed by atoms with Gasteiger partial charge in [-0.2, -0.15) is 4.80 Å². The second kappa shape index (κ2) is 11.6. The van der Waals surface area contributed by atoms with Crippen molar-refractivity contribution in [3.8, 4) is 11.5 Å². The first kappa shape index (κ1) is 27.8. The minimum atomic E-state index is -0.572. The molecule has 5 heterocycles. The second-order valence-corrected chi connectivity index (χ2v) is 11.1. The van der Waals surface area contributed by atoms with Gasteiger partial charge in [0.05, 0.1) is 12.6 Å². The number of nitrogens with zero attached hydrogens (tertiary/aromatic N) is 8. The highest BCUT2D eigenvalue weighted by Crippen LogP contribution is 2.37. The summed E-state index contributed by atoms with van der Waals surface area (Å²) in [6.07, 6.45) is 3.34. The summed E-state index contributed by atoms with van der Waals surface area (Å²) in [5, 5.41) is 15.6. The molecular weight excluding hydrogens is 565 g/mol. The van der Waals surface area contributed by atoms with E-state index < -0.39 is 6.67 Å². The molecule has 3 aromatic heterocycles. The van der Waals surface area contributed by atoms with Crippen LogP contribution < -0.4 is 5.32 Å². The first-order valence-electron chi connectivity index (χ1n) is 14.6. The van der Waals surface area contributed by atoms with Crippen molar-refractivity contribution >= 4 is 28.6 Å². The molecule has 13 heteroatoms. The summed E-state index contributed by atoms with van der Waals surface area (Å²) in [6.45, 7) is 2.18. The summed E-state index contributed by atoms with van der Waals surface area (Å²) < 4.78 is 18.9. The van der Waals surface area contributed by atoms with Gasteiger partial charge in [-0.15, -0.1) is 10.2 Å². The Hall–Kier alpha value is -5.04. The molecule has 2 bridgehead atoms. The number of carbonyl (C=O) groups excluding carboxylic acids is 2. The van der Waals surface area contributed by atoms with E-state index in [1.54, 1.807) is 36.5 Å². The number of amides is 2. The number of oxazole rings is 1. The van der Waals surface area contributed by atoms with Crippen molar-refractivity contribution in [2.45, 2.75) is 44.4 Å². The lowest BCUT2D eigenvalue weighted by Crippen LogP contribution is -2.56. The lowest BCUT2D eigenvalue weighted by molar-refractivity contribution is -0.114. The Morgan fingerprint density at radius 1 is 1.07 bits per heavy atom. The number of hydrogen-bond acceptors (Lipinski definition) is 9. The minimum Gasteiger partial charge on any atom is -0.436 e. The third kappa shape index (κ3) is 5.30. The van der Waals surface area contributed by atoms with Gasteiger partial charge in [-0.25, -0.2) is 9.37 Å². The van der Waals surface area contributed by atoms with Gasteiger partial charge in [-0.05, 0) is 54.0 Å². The summed E-state index contributed by atoms with van der Waals surface area (Å²) in [4.78, 5) is 39.9. The number of hydrogen-bond donors (Lipinski definition) is 1. The number of benzene rings is 2. The zero-order valence-electron chi connectivity index (χ0n) is 24.0. The summed E-state index contributed by atoms with van der Waals surface area (Å²) >= 11 is 0. The number of anilines is 1. The van der Waals surface area contributed by atoms with Gasteiger partial charge in [0.15, 0.2) is 11.4 Å². The molecule has 1 N–H and O–H groups in total. The topological polar surface area (TPSA) is 135 Å². The Labute approximate surface area is 251 Å². The molecule has 0 spiro atoms. The van der Waals surface area contributed by atoms with Gasteiger partial charge in [0.25, 0.3) is 5.91 Å². The molecule has 2 aromatic carbocycles. The van der Waals surface area contributed by atoms with Crippen LogP contribution in [-0.2, 0) is 11.3 Å². The van der Waals surface area contributed by atoms with E-state index >= 15 is 0 Å². The maximum absolute atomic E-state index is 13.9. The molecule has 7 rings (SSSR count).